The van der Waals surface area contributed by atoms with Crippen LogP contribution in [0.3, 0.4) is 0 Å². The molecule has 664 valence electrons. The van der Waals surface area contributed by atoms with Gasteiger partial charge < -0.3 is 18.6 Å². The van der Waals surface area contributed by atoms with Gasteiger partial charge in [0, 0.05) is 66.2 Å². The Kier molecular flexibility index (Phi) is 19.2. The highest BCUT2D eigenvalue weighted by molar-refractivity contribution is 6.12. The third-order valence-electron chi connectivity index (χ3n) is 30.8. The number of para-hydroxylation sites is 2. The van der Waals surface area contributed by atoms with E-state index in [1.54, 1.807) is 0 Å². The molecule has 0 aliphatic heterocycles. The number of hydrogen-bond acceptors (Lipinski definition) is 4. The lowest BCUT2D eigenvalue weighted by molar-refractivity contribution is 0.660. The van der Waals surface area contributed by atoms with Gasteiger partial charge in [0.1, 0.15) is 22.3 Å². The van der Waals surface area contributed by atoms with E-state index in [1.807, 2.05) is 12.1 Å². The maximum atomic E-state index is 6.29. The van der Waals surface area contributed by atoms with Crippen LogP contribution in [0, 0.1) is 0 Å². The highest BCUT2D eigenvalue weighted by Gasteiger charge is 2.52. The summed E-state index contributed by atoms with van der Waals surface area (Å²) >= 11 is 0. The molecule has 0 bridgehead atoms. The maximum Gasteiger partial charge on any atom is 0.135 e. The van der Waals surface area contributed by atoms with Gasteiger partial charge in [-0.05, 0) is 305 Å². The molecular formula is C137H94N2O2. The van der Waals surface area contributed by atoms with E-state index in [9.17, 15) is 0 Å². The zero-order valence-electron chi connectivity index (χ0n) is 78.6. The van der Waals surface area contributed by atoms with E-state index in [0.29, 0.717) is 0 Å². The summed E-state index contributed by atoms with van der Waals surface area (Å²) in [6.45, 7) is 9.57. The largest absolute Gasteiger partial charge is 0.456 e. The first-order valence-corrected chi connectivity index (χ1v) is 49.0. The van der Waals surface area contributed by atoms with Gasteiger partial charge in [-0.25, -0.2) is 0 Å². The van der Waals surface area contributed by atoms with Crippen molar-refractivity contribution in [3.8, 4) is 134 Å². The van der Waals surface area contributed by atoms with E-state index in [2.05, 4.69) is 523 Å². The molecular weight excluding hydrogens is 1710 g/mol. The Morgan fingerprint density at radius 2 is 0.404 bits per heavy atom. The van der Waals surface area contributed by atoms with Crippen LogP contribution in [-0.4, -0.2) is 0 Å². The first-order valence-electron chi connectivity index (χ1n) is 49.0. The van der Waals surface area contributed by atoms with Crippen molar-refractivity contribution in [1.29, 1.82) is 0 Å². The second-order valence-corrected chi connectivity index (χ2v) is 39.2. The lowest BCUT2D eigenvalue weighted by Gasteiger charge is -2.32. The minimum absolute atomic E-state index is 0.211. The van der Waals surface area contributed by atoms with Crippen LogP contribution in [0.1, 0.15) is 72.2 Å². The van der Waals surface area contributed by atoms with E-state index < -0.39 is 5.41 Å². The molecule has 2 heterocycles. The first kappa shape index (κ1) is 82.7. The smallest absolute Gasteiger partial charge is 0.135 e. The molecule has 4 heteroatoms. The third-order valence-corrected chi connectivity index (χ3v) is 30.8. The van der Waals surface area contributed by atoms with Crippen LogP contribution in [0.4, 0.5) is 34.1 Å². The van der Waals surface area contributed by atoms with Gasteiger partial charge in [0.25, 0.3) is 0 Å². The summed E-state index contributed by atoms with van der Waals surface area (Å²) in [6, 6.07) is 183. The molecule has 141 heavy (non-hydrogen) atoms. The van der Waals surface area contributed by atoms with Gasteiger partial charge in [0.15, 0.2) is 0 Å². The Morgan fingerprint density at radius 1 is 0.149 bits per heavy atom. The lowest BCUT2D eigenvalue weighted by atomic mass is 9.70. The number of fused-ring (bicyclic) bond motifs is 23. The van der Waals surface area contributed by atoms with Crippen LogP contribution in [0.25, 0.3) is 188 Å². The molecule has 0 saturated heterocycles. The minimum atomic E-state index is -0.562. The number of anilines is 6. The molecule has 2 aromatic heterocycles. The molecule has 0 fully saturated rings. The van der Waals surface area contributed by atoms with Gasteiger partial charge in [-0.15, -0.1) is 0 Å². The molecule has 0 atom stereocenters. The summed E-state index contributed by atoms with van der Waals surface area (Å²) < 4.78 is 12.6. The second-order valence-electron chi connectivity index (χ2n) is 39.2. The average Bonchev–Trinajstić information content (AvgIpc) is 1.50. The van der Waals surface area contributed by atoms with Crippen molar-refractivity contribution in [2.24, 2.45) is 0 Å². The van der Waals surface area contributed by atoms with Gasteiger partial charge in [-0.2, -0.15) is 0 Å². The summed E-state index contributed by atoms with van der Waals surface area (Å²) in [5.41, 5.74) is 49.6. The normalized spacial score (nSPS) is 13.3. The fourth-order valence-electron chi connectivity index (χ4n) is 23.8. The molecule has 0 radical (unpaired) electrons. The Balaban J connectivity index is 0.000000142. The quantitative estimate of drug-likeness (QED) is 0.109. The molecule has 0 amide bonds. The van der Waals surface area contributed by atoms with Crippen molar-refractivity contribution in [2.45, 2.75) is 43.9 Å². The van der Waals surface area contributed by atoms with E-state index >= 15 is 0 Å². The first-order chi connectivity index (χ1) is 69.4. The zero-order chi connectivity index (χ0) is 93.8. The Labute approximate surface area is 821 Å². The van der Waals surface area contributed by atoms with E-state index in [4.69, 9.17) is 8.83 Å². The van der Waals surface area contributed by atoms with Gasteiger partial charge in [0.05, 0.1) is 11.1 Å². The average molecular weight is 1800 g/mol. The zero-order valence-corrected chi connectivity index (χ0v) is 78.6. The second kappa shape index (κ2) is 32.8. The van der Waals surface area contributed by atoms with Gasteiger partial charge in [0.2, 0.25) is 0 Å². The summed E-state index contributed by atoms with van der Waals surface area (Å²) in [5, 5.41) is 6.93. The molecule has 22 aromatic carbocycles. The predicted octanol–water partition coefficient (Wildman–Crippen LogP) is 37.6. The van der Waals surface area contributed by atoms with Crippen molar-refractivity contribution in [3.63, 3.8) is 0 Å². The number of furan rings is 2. The molecule has 4 aliphatic carbocycles. The summed E-state index contributed by atoms with van der Waals surface area (Å²) in [6.07, 6.45) is 0. The number of hydrogen-bond donors (Lipinski definition) is 0. The molecule has 0 N–H and O–H groups in total. The Morgan fingerprint density at radius 3 is 0.844 bits per heavy atom. The lowest BCUT2D eigenvalue weighted by Crippen LogP contribution is -2.26. The van der Waals surface area contributed by atoms with Crippen LogP contribution in [0.2, 0.25) is 0 Å². The van der Waals surface area contributed by atoms with Crippen LogP contribution in [0.5, 0.6) is 0 Å². The summed E-state index contributed by atoms with van der Waals surface area (Å²) in [5.74, 6) is 0. The molecule has 24 aromatic rings. The van der Waals surface area contributed by atoms with Gasteiger partial charge in [-0.3, -0.25) is 0 Å². The van der Waals surface area contributed by atoms with Crippen LogP contribution >= 0.6 is 0 Å². The standard InChI is InChI=1S/C73H47NO.C64H47NO/c1-3-13-48(14-4-1)50-23-27-52(28-24-50)54-31-37-58(38-32-54)74(59-39-33-55(34-40-59)53-29-25-51(26-30-53)49-15-5-2-6-16-49)60-41-43-64-63-42-35-57(56-36-44-72-66(45-56)65-19-9-12-22-71(65)75-72)46-69(63)73(70(64)47-60)67-20-10-7-17-61(67)62-18-8-11-21-68(62)73;1-63(2)56-36-42(40-15-7-5-8-16-40)23-28-49(56)51-30-26-45(38-58(51)63)65(46-27-31-52-50-29-24-43(41-17-9-6-10-18-41)37-57(50)64(3,4)59(52)39-46)60-33-32-47(48-19-11-12-20-53(48)60)44-25-34-62-55(35-44)54-21-13-14-22-61(54)66-62/h1-47H;5-39H,1-4H3. The van der Waals surface area contributed by atoms with E-state index in [0.717, 1.165) is 78.0 Å². The minimum Gasteiger partial charge on any atom is -0.456 e. The predicted molar refractivity (Wildman–Crippen MR) is 589 cm³/mol. The highest BCUT2D eigenvalue weighted by atomic mass is 16.3. The maximum absolute atomic E-state index is 6.29. The van der Waals surface area contributed by atoms with Crippen LogP contribution < -0.4 is 9.80 Å². The number of benzene rings is 22. The third kappa shape index (κ3) is 13.5. The summed E-state index contributed by atoms with van der Waals surface area (Å²) in [4.78, 5) is 4.95. The topological polar surface area (TPSA) is 32.8 Å². The van der Waals surface area contributed by atoms with E-state index in [1.165, 1.54) is 189 Å². The number of rotatable bonds is 14. The molecule has 0 unspecified atom stereocenters. The highest BCUT2D eigenvalue weighted by Crippen LogP contribution is 2.65. The fraction of sp³-hybridized carbons (Fsp3) is 0.0511. The van der Waals surface area contributed by atoms with Gasteiger partial charge in [-0.1, -0.05) is 404 Å². The SMILES string of the molecule is CC1(C)c2cc(-c3ccccc3)ccc2-c2ccc(N(c3ccc4c(c3)C(C)(C)c3cc(-c5ccccc5)ccc3-4)c3ccc(-c4ccc5oc6ccccc6c5c4)c4ccccc34)cc21.c1ccc(-c2ccc(-c3ccc(N(c4ccc(-c5ccc(-c6ccccc6)cc5)cc4)c4ccc5c(c4)C4(c6ccccc6-c6ccccc64)c4cc(-c6ccc7oc8ccccc8c7c6)ccc4-5)cc3)cc2)cc1. The van der Waals surface area contributed by atoms with Crippen molar-refractivity contribution in [1.82, 2.24) is 0 Å². The molecule has 4 nitrogen and oxygen atoms in total. The van der Waals surface area contributed by atoms with Gasteiger partial charge >= 0.3 is 0 Å². The molecule has 1 spiro atoms. The van der Waals surface area contributed by atoms with E-state index in [-0.39, 0.29) is 10.8 Å². The Bertz CT molecular complexity index is 8800. The molecule has 28 rings (SSSR count). The van der Waals surface area contributed by atoms with Crippen molar-refractivity contribution in [2.75, 3.05) is 9.80 Å². The van der Waals surface area contributed by atoms with Crippen molar-refractivity contribution < 1.29 is 8.83 Å². The monoisotopic (exact) mass is 1800 g/mol. The van der Waals surface area contributed by atoms with Crippen molar-refractivity contribution >= 4 is 88.8 Å². The van der Waals surface area contributed by atoms with Crippen LogP contribution in [0.15, 0.2) is 506 Å². The van der Waals surface area contributed by atoms with Crippen molar-refractivity contribution in [3.05, 3.63) is 542 Å². The number of nitrogens with zero attached hydrogens (tertiary/aromatic N) is 2. The molecule has 4 aliphatic rings. The summed E-state index contributed by atoms with van der Waals surface area (Å²) in [7, 11) is 0. The molecule has 0 saturated carbocycles. The van der Waals surface area contributed by atoms with Crippen LogP contribution in [-0.2, 0) is 16.2 Å². The fourth-order valence-corrected chi connectivity index (χ4v) is 23.8. The Hall–Kier alpha value is -17.7.